The Bertz CT molecular complexity index is 785. The van der Waals surface area contributed by atoms with E-state index in [1.165, 1.54) is 0 Å². The molecule has 3 aliphatic rings. The number of amides is 1. The van der Waals surface area contributed by atoms with Crippen LogP contribution in [0.2, 0.25) is 0 Å². The first-order chi connectivity index (χ1) is 14.6. The lowest BCUT2D eigenvalue weighted by Crippen LogP contribution is -2.59. The molecule has 1 saturated heterocycles. The van der Waals surface area contributed by atoms with Crippen LogP contribution in [0, 0.1) is 12.3 Å². The van der Waals surface area contributed by atoms with Gasteiger partial charge in [-0.3, -0.25) is 0 Å². The number of carbonyl (C=O) groups is 1. The van der Waals surface area contributed by atoms with E-state index >= 15 is 0 Å². The molecular weight excluding hydrogens is 392 g/mol. The summed E-state index contributed by atoms with van der Waals surface area (Å²) < 4.78 is 10.8. The SMILES string of the molecule is COC1CCN(c2ccc(NC3CC4(CC(NC(=O)OC(C)(C)C)C4)C3)c(C)n2)CC1. The van der Waals surface area contributed by atoms with Crippen molar-refractivity contribution in [1.29, 1.82) is 0 Å². The Labute approximate surface area is 186 Å². The molecule has 2 heterocycles. The Morgan fingerprint density at radius 3 is 2.35 bits per heavy atom. The minimum absolute atomic E-state index is 0.251. The molecule has 172 valence electrons. The summed E-state index contributed by atoms with van der Waals surface area (Å²) >= 11 is 0. The van der Waals surface area contributed by atoms with E-state index in [0.717, 1.165) is 68.8 Å². The van der Waals surface area contributed by atoms with Crippen LogP contribution in [-0.2, 0) is 9.47 Å². The molecule has 3 fully saturated rings. The molecule has 7 heteroatoms. The number of hydrogen-bond acceptors (Lipinski definition) is 6. The monoisotopic (exact) mass is 430 g/mol. The maximum Gasteiger partial charge on any atom is 0.407 e. The molecule has 7 nitrogen and oxygen atoms in total. The number of carbonyl (C=O) groups excluding carboxylic acids is 1. The minimum Gasteiger partial charge on any atom is -0.444 e. The molecular formula is C24H38N4O3. The van der Waals surface area contributed by atoms with Crippen LogP contribution in [-0.4, -0.2) is 55.1 Å². The second-order valence-electron chi connectivity index (χ2n) is 10.7. The van der Waals surface area contributed by atoms with Crippen molar-refractivity contribution in [3.05, 3.63) is 17.8 Å². The third kappa shape index (κ3) is 5.25. The number of aryl methyl sites for hydroxylation is 1. The predicted octanol–water partition coefficient (Wildman–Crippen LogP) is 4.25. The Morgan fingerprint density at radius 1 is 1.13 bits per heavy atom. The average molecular weight is 431 g/mol. The lowest BCUT2D eigenvalue weighted by Gasteiger charge is -2.58. The van der Waals surface area contributed by atoms with Crippen LogP contribution < -0.4 is 15.5 Å². The van der Waals surface area contributed by atoms with Gasteiger partial charge in [0.1, 0.15) is 11.4 Å². The number of rotatable bonds is 5. The zero-order chi connectivity index (χ0) is 22.2. The number of nitrogens with one attached hydrogen (secondary N) is 2. The summed E-state index contributed by atoms with van der Waals surface area (Å²) in [4.78, 5) is 19.2. The van der Waals surface area contributed by atoms with Gasteiger partial charge in [0.05, 0.1) is 17.5 Å². The zero-order valence-corrected chi connectivity index (χ0v) is 19.7. The molecule has 2 aliphatic carbocycles. The third-order valence-corrected chi connectivity index (χ3v) is 6.97. The second kappa shape index (κ2) is 8.49. The number of piperidine rings is 1. The van der Waals surface area contributed by atoms with Crippen molar-refractivity contribution in [3.63, 3.8) is 0 Å². The van der Waals surface area contributed by atoms with E-state index in [1.54, 1.807) is 7.11 Å². The predicted molar refractivity (Wildman–Crippen MR) is 123 cm³/mol. The Hall–Kier alpha value is -2.02. The summed E-state index contributed by atoms with van der Waals surface area (Å²) in [5, 5.41) is 6.70. The molecule has 2 N–H and O–H groups in total. The lowest BCUT2D eigenvalue weighted by atomic mass is 9.52. The van der Waals surface area contributed by atoms with Crippen molar-refractivity contribution in [2.75, 3.05) is 30.4 Å². The molecule has 31 heavy (non-hydrogen) atoms. The van der Waals surface area contributed by atoms with Crippen molar-refractivity contribution >= 4 is 17.6 Å². The maximum atomic E-state index is 11.9. The quantitative estimate of drug-likeness (QED) is 0.727. The maximum absolute atomic E-state index is 11.9. The van der Waals surface area contributed by atoms with E-state index in [-0.39, 0.29) is 12.1 Å². The van der Waals surface area contributed by atoms with E-state index in [2.05, 4.69) is 34.6 Å². The van der Waals surface area contributed by atoms with Crippen LogP contribution in [0.25, 0.3) is 0 Å². The molecule has 4 rings (SSSR count). The molecule has 0 bridgehead atoms. The van der Waals surface area contributed by atoms with Crippen LogP contribution in [0.15, 0.2) is 12.1 Å². The highest BCUT2D eigenvalue weighted by Gasteiger charge is 2.53. The van der Waals surface area contributed by atoms with Gasteiger partial charge in [-0.1, -0.05) is 0 Å². The summed E-state index contributed by atoms with van der Waals surface area (Å²) in [6.07, 6.45) is 6.63. The third-order valence-electron chi connectivity index (χ3n) is 6.97. The highest BCUT2D eigenvalue weighted by molar-refractivity contribution is 5.68. The van der Waals surface area contributed by atoms with Crippen molar-refractivity contribution in [2.45, 2.75) is 90.0 Å². The number of hydrogen-bond donors (Lipinski definition) is 2. The van der Waals surface area contributed by atoms with Gasteiger partial charge < -0.3 is 25.0 Å². The molecule has 2 saturated carbocycles. The molecule has 0 aromatic carbocycles. The Balaban J connectivity index is 1.21. The van der Waals surface area contributed by atoms with Gasteiger partial charge in [0.15, 0.2) is 0 Å². The largest absolute Gasteiger partial charge is 0.444 e. The van der Waals surface area contributed by atoms with Gasteiger partial charge in [-0.05, 0) is 83.8 Å². The summed E-state index contributed by atoms with van der Waals surface area (Å²) in [5.74, 6) is 1.07. The van der Waals surface area contributed by atoms with E-state index in [0.29, 0.717) is 17.6 Å². The van der Waals surface area contributed by atoms with Crippen LogP contribution in [0.5, 0.6) is 0 Å². The van der Waals surface area contributed by atoms with E-state index in [1.807, 2.05) is 20.8 Å². The van der Waals surface area contributed by atoms with Gasteiger partial charge in [0.2, 0.25) is 0 Å². The Morgan fingerprint density at radius 2 is 1.77 bits per heavy atom. The number of anilines is 2. The highest BCUT2D eigenvalue weighted by atomic mass is 16.6. The molecule has 0 unspecified atom stereocenters. The number of methoxy groups -OCH3 is 1. The van der Waals surface area contributed by atoms with E-state index < -0.39 is 5.60 Å². The standard InChI is InChI=1S/C24H38N4O3/c1-16-20(6-7-21(25-16)28-10-8-19(30-5)9-11-28)26-17-12-24(13-17)14-18(15-24)27-22(29)31-23(2,3)4/h6-7,17-19,26H,8-15H2,1-5H3,(H,27,29). The van der Waals surface area contributed by atoms with Crippen molar-refractivity contribution in [2.24, 2.45) is 5.41 Å². The average Bonchev–Trinajstić information content (AvgIpc) is 2.64. The molecule has 1 aromatic heterocycles. The zero-order valence-electron chi connectivity index (χ0n) is 19.7. The number of alkyl carbamates (subject to hydrolysis) is 1. The summed E-state index contributed by atoms with van der Waals surface area (Å²) in [6, 6.07) is 5.06. The molecule has 1 aromatic rings. The lowest BCUT2D eigenvalue weighted by molar-refractivity contribution is -0.0178. The molecule has 0 radical (unpaired) electrons. The van der Waals surface area contributed by atoms with E-state index in [4.69, 9.17) is 14.5 Å². The van der Waals surface area contributed by atoms with Gasteiger partial charge in [-0.15, -0.1) is 0 Å². The number of pyridine rings is 1. The van der Waals surface area contributed by atoms with Crippen LogP contribution in [0.1, 0.15) is 65.0 Å². The number of ether oxygens (including phenoxy) is 2. The first-order valence-corrected chi connectivity index (χ1v) is 11.7. The first-order valence-electron chi connectivity index (χ1n) is 11.7. The smallest absolute Gasteiger partial charge is 0.407 e. The van der Waals surface area contributed by atoms with Gasteiger partial charge in [-0.25, -0.2) is 9.78 Å². The van der Waals surface area contributed by atoms with Gasteiger partial charge in [-0.2, -0.15) is 0 Å². The fourth-order valence-electron chi connectivity index (χ4n) is 5.40. The summed E-state index contributed by atoms with van der Waals surface area (Å²) in [7, 11) is 1.80. The molecule has 1 aliphatic heterocycles. The van der Waals surface area contributed by atoms with Crippen LogP contribution >= 0.6 is 0 Å². The van der Waals surface area contributed by atoms with Crippen LogP contribution in [0.3, 0.4) is 0 Å². The topological polar surface area (TPSA) is 75.7 Å². The van der Waals surface area contributed by atoms with Crippen molar-refractivity contribution in [1.82, 2.24) is 10.3 Å². The van der Waals surface area contributed by atoms with Crippen LogP contribution in [0.4, 0.5) is 16.3 Å². The van der Waals surface area contributed by atoms with Crippen molar-refractivity contribution < 1.29 is 14.3 Å². The van der Waals surface area contributed by atoms with Gasteiger partial charge in [0, 0.05) is 32.3 Å². The minimum atomic E-state index is -0.446. The van der Waals surface area contributed by atoms with Gasteiger partial charge in [0.25, 0.3) is 0 Å². The van der Waals surface area contributed by atoms with E-state index in [9.17, 15) is 4.79 Å². The molecule has 0 atom stereocenters. The molecule has 1 spiro atoms. The number of nitrogens with zero attached hydrogens (tertiary/aromatic N) is 2. The number of aromatic nitrogens is 1. The summed E-state index contributed by atoms with van der Waals surface area (Å²) in [5.41, 5.74) is 2.15. The normalized spacial score (nSPS) is 28.6. The Kier molecular flexibility index (Phi) is 6.08. The fourth-order valence-corrected chi connectivity index (χ4v) is 5.40. The molecule has 1 amide bonds. The second-order valence-corrected chi connectivity index (χ2v) is 10.7. The van der Waals surface area contributed by atoms with Crippen molar-refractivity contribution in [3.8, 4) is 0 Å². The first kappa shape index (κ1) is 22.2. The fraction of sp³-hybridized carbons (Fsp3) is 0.750. The summed E-state index contributed by atoms with van der Waals surface area (Å²) in [6.45, 7) is 9.77. The highest BCUT2D eigenvalue weighted by Crippen LogP contribution is 2.56. The van der Waals surface area contributed by atoms with Gasteiger partial charge >= 0.3 is 6.09 Å².